The number of hydrogen-bond donors (Lipinski definition) is 1. The maximum atomic E-state index is 13.7. The predicted octanol–water partition coefficient (Wildman–Crippen LogP) is 4.05. The fourth-order valence-corrected chi connectivity index (χ4v) is 4.47. The van der Waals surface area contributed by atoms with Crippen LogP contribution in [0.25, 0.3) is 22.6 Å². The standard InChI is InChI=1S/C27H34N8O3S/c1-8-15(2)35-26-22(18(5)32-24(34-26)21-17(4)30-14-31-23(21)19-10-11-19)33-25(27(35)36)29-13-20(28-6)12-9-16(3)39(7,37)38/h9,12,14-15,19H,6,8,10-11,13H2,1-5,7H3,(H,29,33)/b16-9+,20-12-/t15-/m1/s1. The lowest BCUT2D eigenvalue weighted by molar-refractivity contribution is 0.526. The maximum absolute atomic E-state index is 13.7. The summed E-state index contributed by atoms with van der Waals surface area (Å²) < 4.78 is 25.0. The van der Waals surface area contributed by atoms with Crippen LogP contribution in [0.1, 0.15) is 69.1 Å². The Bertz CT molecular complexity index is 1670. The van der Waals surface area contributed by atoms with Crippen molar-refractivity contribution in [1.82, 2.24) is 29.5 Å². The van der Waals surface area contributed by atoms with Gasteiger partial charge in [0.15, 0.2) is 27.1 Å². The van der Waals surface area contributed by atoms with E-state index in [4.69, 9.17) is 9.97 Å². The van der Waals surface area contributed by atoms with Gasteiger partial charge < -0.3 is 5.32 Å². The second kappa shape index (κ2) is 11.1. The van der Waals surface area contributed by atoms with Crippen molar-refractivity contribution in [2.45, 2.75) is 65.8 Å². The molecule has 3 aromatic heterocycles. The van der Waals surface area contributed by atoms with E-state index in [0.29, 0.717) is 40.7 Å². The molecule has 1 saturated carbocycles. The molecule has 206 valence electrons. The van der Waals surface area contributed by atoms with E-state index in [2.05, 4.69) is 32.0 Å². The average Bonchev–Trinajstić information content (AvgIpc) is 3.73. The van der Waals surface area contributed by atoms with Gasteiger partial charge in [-0.05, 0) is 65.8 Å². The highest BCUT2D eigenvalue weighted by Crippen LogP contribution is 2.43. The van der Waals surface area contributed by atoms with Gasteiger partial charge in [0.2, 0.25) is 0 Å². The van der Waals surface area contributed by atoms with Gasteiger partial charge in [-0.25, -0.2) is 33.3 Å². The summed E-state index contributed by atoms with van der Waals surface area (Å²) in [6.45, 7) is 12.9. The van der Waals surface area contributed by atoms with Gasteiger partial charge in [0.05, 0.1) is 34.9 Å². The van der Waals surface area contributed by atoms with E-state index in [1.807, 2.05) is 27.7 Å². The van der Waals surface area contributed by atoms with Gasteiger partial charge >= 0.3 is 0 Å². The first-order valence-corrected chi connectivity index (χ1v) is 14.8. The highest BCUT2D eigenvalue weighted by molar-refractivity contribution is 7.94. The number of hydrogen-bond acceptors (Lipinski definition) is 10. The number of nitrogens with one attached hydrogen (secondary N) is 1. The fraction of sp³-hybridized carbons (Fsp3) is 0.444. The number of sulfone groups is 1. The van der Waals surface area contributed by atoms with Crippen molar-refractivity contribution in [1.29, 1.82) is 0 Å². The molecule has 1 aliphatic carbocycles. The quantitative estimate of drug-likeness (QED) is 0.292. The Balaban J connectivity index is 1.82. The summed E-state index contributed by atoms with van der Waals surface area (Å²) in [7, 11) is -3.31. The maximum Gasteiger partial charge on any atom is 0.295 e. The topological polar surface area (TPSA) is 145 Å². The minimum absolute atomic E-state index is 0.120. The molecule has 0 saturated heterocycles. The number of aryl methyl sites for hydroxylation is 2. The molecule has 0 amide bonds. The minimum atomic E-state index is -3.31. The van der Waals surface area contributed by atoms with Crippen LogP contribution in [0.5, 0.6) is 0 Å². The van der Waals surface area contributed by atoms with Gasteiger partial charge in [-0.2, -0.15) is 0 Å². The number of nitrogens with zero attached hydrogens (tertiary/aromatic N) is 7. The van der Waals surface area contributed by atoms with Crippen LogP contribution in [-0.4, -0.2) is 57.4 Å². The summed E-state index contributed by atoms with van der Waals surface area (Å²) in [4.78, 5) is 41.0. The van der Waals surface area contributed by atoms with Gasteiger partial charge in [-0.3, -0.25) is 14.4 Å². The van der Waals surface area contributed by atoms with Gasteiger partial charge in [0, 0.05) is 23.1 Å². The summed E-state index contributed by atoms with van der Waals surface area (Å²) in [5.41, 5.74) is 4.28. The second-order valence-corrected chi connectivity index (χ2v) is 12.1. The first-order valence-electron chi connectivity index (χ1n) is 12.9. The van der Waals surface area contributed by atoms with Crippen LogP contribution in [0, 0.1) is 13.8 Å². The molecule has 0 unspecified atom stereocenters. The molecular formula is C27H34N8O3S. The molecule has 0 aromatic carbocycles. The molecule has 12 heteroatoms. The molecule has 11 nitrogen and oxygen atoms in total. The third-order valence-electron chi connectivity index (χ3n) is 6.93. The number of aromatic nitrogens is 6. The second-order valence-electron chi connectivity index (χ2n) is 9.91. The summed E-state index contributed by atoms with van der Waals surface area (Å²) in [6.07, 6.45) is 8.56. The first-order chi connectivity index (χ1) is 18.5. The van der Waals surface area contributed by atoms with Crippen LogP contribution in [0.4, 0.5) is 5.82 Å². The zero-order chi connectivity index (χ0) is 28.5. The Morgan fingerprint density at radius 2 is 1.92 bits per heavy atom. The number of fused-ring (bicyclic) bond motifs is 1. The summed E-state index contributed by atoms with van der Waals surface area (Å²) >= 11 is 0. The van der Waals surface area contributed by atoms with Crippen LogP contribution in [0.3, 0.4) is 0 Å². The van der Waals surface area contributed by atoms with Gasteiger partial charge in [0.1, 0.15) is 11.8 Å². The fourth-order valence-electron chi connectivity index (χ4n) is 4.15. The van der Waals surface area contributed by atoms with Crippen molar-refractivity contribution < 1.29 is 8.42 Å². The van der Waals surface area contributed by atoms with E-state index in [9.17, 15) is 13.2 Å². The average molecular weight is 551 g/mol. The SMILES string of the molecule is C=N/C(=C\C=C(/C)S(C)(=O)=O)CNc1nc2c(C)nc(-c3c(C)ncnc3C3CC3)nc2n([C@H](C)CC)c1=O. The largest absolute Gasteiger partial charge is 0.360 e. The smallest absolute Gasteiger partial charge is 0.295 e. The van der Waals surface area contributed by atoms with Crippen molar-refractivity contribution >= 4 is 33.5 Å². The molecule has 0 radical (unpaired) electrons. The summed E-state index contributed by atoms with van der Waals surface area (Å²) in [5.74, 6) is 0.992. The minimum Gasteiger partial charge on any atom is -0.360 e. The van der Waals surface area contributed by atoms with Gasteiger partial charge in [-0.1, -0.05) is 6.92 Å². The third kappa shape index (κ3) is 5.95. The lowest BCUT2D eigenvalue weighted by Crippen LogP contribution is -2.29. The lowest BCUT2D eigenvalue weighted by Gasteiger charge is -2.19. The Labute approximate surface area is 228 Å². The first kappa shape index (κ1) is 28.2. The monoisotopic (exact) mass is 550 g/mol. The Kier molecular flexibility index (Phi) is 8.05. The Morgan fingerprint density at radius 3 is 2.54 bits per heavy atom. The van der Waals surface area contributed by atoms with E-state index in [-0.39, 0.29) is 28.9 Å². The van der Waals surface area contributed by atoms with Crippen molar-refractivity contribution in [3.63, 3.8) is 0 Å². The number of allylic oxidation sites excluding steroid dienone is 3. The molecule has 1 fully saturated rings. The van der Waals surface area contributed by atoms with Crippen molar-refractivity contribution in [3.8, 4) is 11.4 Å². The molecule has 4 rings (SSSR count). The van der Waals surface area contributed by atoms with E-state index in [1.54, 1.807) is 17.0 Å². The Hall–Kier alpha value is -3.80. The molecule has 0 spiro atoms. The molecule has 3 heterocycles. The summed E-state index contributed by atoms with van der Waals surface area (Å²) in [5, 5.41) is 3.05. The molecule has 3 aromatic rings. The normalized spacial score (nSPS) is 15.4. The molecule has 1 N–H and O–H groups in total. The third-order valence-corrected chi connectivity index (χ3v) is 8.24. The van der Waals surface area contributed by atoms with Crippen LogP contribution in [-0.2, 0) is 9.84 Å². The highest BCUT2D eigenvalue weighted by Gasteiger charge is 2.30. The summed E-state index contributed by atoms with van der Waals surface area (Å²) in [6, 6.07) is -0.158. The van der Waals surface area contributed by atoms with Crippen molar-refractivity contribution in [3.05, 3.63) is 56.5 Å². The van der Waals surface area contributed by atoms with Crippen LogP contribution >= 0.6 is 0 Å². The zero-order valence-corrected chi connectivity index (χ0v) is 24.0. The molecule has 39 heavy (non-hydrogen) atoms. The molecule has 1 aliphatic rings. The van der Waals surface area contributed by atoms with Gasteiger partial charge in [0.25, 0.3) is 5.56 Å². The number of rotatable bonds is 10. The van der Waals surface area contributed by atoms with Crippen LogP contribution in [0.15, 0.2) is 38.9 Å². The molecule has 0 bridgehead atoms. The Morgan fingerprint density at radius 1 is 1.21 bits per heavy atom. The van der Waals surface area contributed by atoms with E-state index >= 15 is 0 Å². The van der Waals surface area contributed by atoms with E-state index in [1.165, 1.54) is 13.0 Å². The zero-order valence-electron chi connectivity index (χ0n) is 23.2. The van der Waals surface area contributed by atoms with Crippen LogP contribution < -0.4 is 10.9 Å². The molecule has 1 atom stereocenters. The predicted molar refractivity (Wildman–Crippen MR) is 154 cm³/mol. The highest BCUT2D eigenvalue weighted by atomic mass is 32.2. The van der Waals surface area contributed by atoms with Gasteiger partial charge in [-0.15, -0.1) is 0 Å². The molecule has 0 aliphatic heterocycles. The van der Waals surface area contributed by atoms with Crippen LogP contribution in [0.2, 0.25) is 0 Å². The van der Waals surface area contributed by atoms with E-state index < -0.39 is 9.84 Å². The molecular weight excluding hydrogens is 516 g/mol. The lowest BCUT2D eigenvalue weighted by atomic mass is 10.1. The van der Waals surface area contributed by atoms with Crippen molar-refractivity contribution in [2.24, 2.45) is 4.99 Å². The van der Waals surface area contributed by atoms with Crippen molar-refractivity contribution in [2.75, 3.05) is 18.1 Å². The number of aliphatic imine (C=N–C) groups is 1. The number of anilines is 1. The van der Waals surface area contributed by atoms with E-state index in [0.717, 1.165) is 36.0 Å².